The standard InChI is InChI=1S/C37H43N3O7S/c1-6-27(2)38-37(42)34(23-28-14-9-7-10-15-28)39(25-29-16-13-17-30(22-29)45-3)36(41)26-40(48(43,44)32-18-11-8-12-19-32)33-24-31(46-4)20-21-35(33)47-5/h7-22,24,27,34H,6,23,25-26H2,1-5H3,(H,38,42)/t27-,34-/m0/s1. The highest BCUT2D eigenvalue weighted by atomic mass is 32.2. The van der Waals surface area contributed by atoms with Crippen LogP contribution in [0.3, 0.4) is 0 Å². The Labute approximate surface area is 283 Å². The van der Waals surface area contributed by atoms with Crippen LogP contribution in [0.1, 0.15) is 31.4 Å². The van der Waals surface area contributed by atoms with Crippen LogP contribution in [-0.4, -0.2) is 65.1 Å². The molecule has 10 nitrogen and oxygen atoms in total. The van der Waals surface area contributed by atoms with Gasteiger partial charge in [-0.1, -0.05) is 67.6 Å². The van der Waals surface area contributed by atoms with Crippen molar-refractivity contribution in [2.24, 2.45) is 0 Å². The lowest BCUT2D eigenvalue weighted by Gasteiger charge is -2.34. The molecule has 0 bridgehead atoms. The van der Waals surface area contributed by atoms with Crippen LogP contribution in [-0.2, 0) is 32.6 Å². The van der Waals surface area contributed by atoms with Gasteiger partial charge in [-0.2, -0.15) is 0 Å². The van der Waals surface area contributed by atoms with Crippen molar-refractivity contribution in [1.82, 2.24) is 10.2 Å². The second-order valence-corrected chi connectivity index (χ2v) is 13.1. The molecular formula is C37H43N3O7S. The Kier molecular flexibility index (Phi) is 12.5. The highest BCUT2D eigenvalue weighted by Gasteiger charge is 2.36. The number of methoxy groups -OCH3 is 3. The van der Waals surface area contributed by atoms with Gasteiger partial charge in [0, 0.05) is 25.1 Å². The van der Waals surface area contributed by atoms with Gasteiger partial charge in [-0.05, 0) is 60.9 Å². The molecule has 0 saturated heterocycles. The third-order valence-corrected chi connectivity index (χ3v) is 9.80. The van der Waals surface area contributed by atoms with E-state index < -0.39 is 28.5 Å². The molecule has 11 heteroatoms. The summed E-state index contributed by atoms with van der Waals surface area (Å²) in [6.07, 6.45) is 0.888. The number of anilines is 1. The van der Waals surface area contributed by atoms with Gasteiger partial charge < -0.3 is 24.4 Å². The summed E-state index contributed by atoms with van der Waals surface area (Å²) in [5.74, 6) is 0.230. The number of amides is 2. The van der Waals surface area contributed by atoms with Crippen molar-refractivity contribution in [3.05, 3.63) is 114 Å². The van der Waals surface area contributed by atoms with Crippen LogP contribution in [0.25, 0.3) is 0 Å². The van der Waals surface area contributed by atoms with E-state index in [0.717, 1.165) is 9.87 Å². The zero-order chi connectivity index (χ0) is 34.7. The van der Waals surface area contributed by atoms with Gasteiger partial charge in [-0.25, -0.2) is 8.42 Å². The minimum atomic E-state index is -4.32. The second kappa shape index (κ2) is 16.7. The molecule has 1 N–H and O–H groups in total. The molecule has 0 aromatic heterocycles. The summed E-state index contributed by atoms with van der Waals surface area (Å²) in [6, 6.07) is 28.1. The minimum absolute atomic E-state index is 0.00985. The molecule has 48 heavy (non-hydrogen) atoms. The number of nitrogens with zero attached hydrogens (tertiary/aromatic N) is 2. The molecule has 0 radical (unpaired) electrons. The number of sulfonamides is 1. The summed E-state index contributed by atoms with van der Waals surface area (Å²) in [4.78, 5) is 30.2. The molecule has 0 spiro atoms. The molecule has 0 aliphatic heterocycles. The van der Waals surface area contributed by atoms with E-state index >= 15 is 0 Å². The molecule has 0 fully saturated rings. The number of rotatable bonds is 16. The summed E-state index contributed by atoms with van der Waals surface area (Å²) >= 11 is 0. The Bertz CT molecular complexity index is 1770. The first-order valence-corrected chi connectivity index (χ1v) is 17.1. The summed E-state index contributed by atoms with van der Waals surface area (Å²) in [6.45, 7) is 3.24. The maximum absolute atomic E-state index is 14.7. The van der Waals surface area contributed by atoms with Crippen molar-refractivity contribution in [2.45, 2.75) is 50.2 Å². The van der Waals surface area contributed by atoms with Gasteiger partial charge in [0.1, 0.15) is 29.8 Å². The zero-order valence-electron chi connectivity index (χ0n) is 28.0. The van der Waals surface area contributed by atoms with Crippen LogP contribution in [0.2, 0.25) is 0 Å². The van der Waals surface area contributed by atoms with Gasteiger partial charge in [-0.15, -0.1) is 0 Å². The summed E-state index contributed by atoms with van der Waals surface area (Å²) in [5.41, 5.74) is 1.65. The van der Waals surface area contributed by atoms with Gasteiger partial charge in [-0.3, -0.25) is 13.9 Å². The average molecular weight is 674 g/mol. The zero-order valence-corrected chi connectivity index (χ0v) is 28.8. The molecule has 2 atom stereocenters. The SMILES string of the molecule is CC[C@H](C)NC(=O)[C@H](Cc1ccccc1)N(Cc1cccc(OC)c1)C(=O)CN(c1cc(OC)ccc1OC)S(=O)(=O)c1ccccc1. The highest BCUT2D eigenvalue weighted by molar-refractivity contribution is 7.92. The predicted octanol–water partition coefficient (Wildman–Crippen LogP) is 5.46. The van der Waals surface area contributed by atoms with E-state index in [9.17, 15) is 18.0 Å². The second-order valence-electron chi connectivity index (χ2n) is 11.3. The number of carbonyl (C=O) groups excluding carboxylic acids is 2. The summed E-state index contributed by atoms with van der Waals surface area (Å²) in [5, 5.41) is 3.04. The molecule has 0 unspecified atom stereocenters. The highest BCUT2D eigenvalue weighted by Crippen LogP contribution is 2.36. The Balaban J connectivity index is 1.87. The van der Waals surface area contributed by atoms with E-state index in [1.807, 2.05) is 50.2 Å². The maximum Gasteiger partial charge on any atom is 0.264 e. The van der Waals surface area contributed by atoms with E-state index in [1.165, 1.54) is 37.3 Å². The Hall–Kier alpha value is -5.03. The van der Waals surface area contributed by atoms with Crippen molar-refractivity contribution in [3.63, 3.8) is 0 Å². The number of hydrogen-bond acceptors (Lipinski definition) is 7. The van der Waals surface area contributed by atoms with Crippen molar-refractivity contribution in [1.29, 1.82) is 0 Å². The van der Waals surface area contributed by atoms with E-state index in [1.54, 1.807) is 55.6 Å². The first-order chi connectivity index (χ1) is 23.1. The smallest absolute Gasteiger partial charge is 0.264 e. The van der Waals surface area contributed by atoms with Gasteiger partial charge in [0.25, 0.3) is 10.0 Å². The van der Waals surface area contributed by atoms with Crippen LogP contribution in [0.4, 0.5) is 5.69 Å². The molecule has 4 aromatic rings. The van der Waals surface area contributed by atoms with Gasteiger partial charge in [0.05, 0.1) is 31.9 Å². The Morgan fingerprint density at radius 3 is 2.02 bits per heavy atom. The lowest BCUT2D eigenvalue weighted by Crippen LogP contribution is -2.54. The largest absolute Gasteiger partial charge is 0.497 e. The van der Waals surface area contributed by atoms with Crippen LogP contribution >= 0.6 is 0 Å². The number of hydrogen-bond donors (Lipinski definition) is 1. The number of nitrogens with one attached hydrogen (secondary N) is 1. The third kappa shape index (κ3) is 8.86. The average Bonchev–Trinajstić information content (AvgIpc) is 3.12. The molecular weight excluding hydrogens is 630 g/mol. The maximum atomic E-state index is 14.7. The quantitative estimate of drug-likeness (QED) is 0.168. The fraction of sp³-hybridized carbons (Fsp3) is 0.297. The molecule has 0 aliphatic carbocycles. The molecule has 4 aromatic carbocycles. The molecule has 2 amide bonds. The van der Waals surface area contributed by atoms with Crippen LogP contribution < -0.4 is 23.8 Å². The van der Waals surface area contributed by atoms with Crippen LogP contribution in [0.5, 0.6) is 17.2 Å². The fourth-order valence-corrected chi connectivity index (χ4v) is 6.62. The van der Waals surface area contributed by atoms with Crippen molar-refractivity contribution >= 4 is 27.5 Å². The van der Waals surface area contributed by atoms with Crippen LogP contribution in [0, 0.1) is 0 Å². The topological polar surface area (TPSA) is 114 Å². The molecule has 0 saturated carbocycles. The van der Waals surface area contributed by atoms with Crippen molar-refractivity contribution in [3.8, 4) is 17.2 Å². The van der Waals surface area contributed by atoms with Gasteiger partial charge in [0.2, 0.25) is 11.8 Å². The van der Waals surface area contributed by atoms with E-state index in [4.69, 9.17) is 14.2 Å². The number of benzene rings is 4. The third-order valence-electron chi connectivity index (χ3n) is 8.02. The fourth-order valence-electron chi connectivity index (χ4n) is 5.19. The monoisotopic (exact) mass is 673 g/mol. The van der Waals surface area contributed by atoms with Crippen molar-refractivity contribution < 1.29 is 32.2 Å². The number of ether oxygens (including phenoxy) is 3. The predicted molar refractivity (Wildman–Crippen MR) is 186 cm³/mol. The number of carbonyl (C=O) groups is 2. The van der Waals surface area contributed by atoms with Gasteiger partial charge in [0.15, 0.2) is 0 Å². The lowest BCUT2D eigenvalue weighted by molar-refractivity contribution is -0.140. The minimum Gasteiger partial charge on any atom is -0.497 e. The van der Waals surface area contributed by atoms with Crippen molar-refractivity contribution in [2.75, 3.05) is 32.2 Å². The molecule has 254 valence electrons. The molecule has 4 rings (SSSR count). The van der Waals surface area contributed by atoms with Crippen LogP contribution in [0.15, 0.2) is 108 Å². The summed E-state index contributed by atoms with van der Waals surface area (Å²) < 4.78 is 46.1. The molecule has 0 heterocycles. The Morgan fingerprint density at radius 1 is 0.771 bits per heavy atom. The lowest BCUT2D eigenvalue weighted by atomic mass is 10.0. The first kappa shape index (κ1) is 35.8. The van der Waals surface area contributed by atoms with Gasteiger partial charge >= 0.3 is 0 Å². The van der Waals surface area contributed by atoms with E-state index in [-0.39, 0.29) is 41.2 Å². The first-order valence-electron chi connectivity index (χ1n) is 15.7. The Morgan fingerprint density at radius 2 is 1.40 bits per heavy atom. The normalized spacial score (nSPS) is 12.4. The summed E-state index contributed by atoms with van der Waals surface area (Å²) in [7, 11) is 0.114. The van der Waals surface area contributed by atoms with E-state index in [2.05, 4.69) is 5.32 Å². The molecule has 0 aliphatic rings. The van der Waals surface area contributed by atoms with E-state index in [0.29, 0.717) is 23.5 Å².